The molecular weight excluding hydrogens is 194 g/mol. The van der Waals surface area contributed by atoms with E-state index in [-0.39, 0.29) is 5.92 Å². The molecule has 2 atom stereocenters. The smallest absolute Gasteiger partial charge is 0.265 e. The van der Waals surface area contributed by atoms with Gasteiger partial charge in [0.15, 0.2) is 0 Å². The predicted octanol–water partition coefficient (Wildman–Crippen LogP) is -0.288. The largest absolute Gasteiger partial charge is 0.385 e. The molecule has 4 nitrogen and oxygen atoms in total. The van der Waals surface area contributed by atoms with Crippen LogP contribution >= 0.6 is 0 Å². The molecule has 0 aliphatic heterocycles. The minimum atomic E-state index is -2.86. The zero-order valence-electron chi connectivity index (χ0n) is 8.21. The summed E-state index contributed by atoms with van der Waals surface area (Å²) in [5, 5.41) is 10.8. The van der Waals surface area contributed by atoms with Crippen LogP contribution in [0.4, 0.5) is 8.78 Å². The lowest BCUT2D eigenvalue weighted by molar-refractivity contribution is -0.124. The lowest BCUT2D eigenvalue weighted by atomic mass is 10.1. The highest BCUT2D eigenvalue weighted by Crippen LogP contribution is 2.00. The molecule has 0 heterocycles. The topological polar surface area (TPSA) is 75.4 Å². The summed E-state index contributed by atoms with van der Waals surface area (Å²) >= 11 is 0. The Morgan fingerprint density at radius 2 is 2.00 bits per heavy atom. The highest BCUT2D eigenvalue weighted by Gasteiger charge is 2.21. The van der Waals surface area contributed by atoms with Gasteiger partial charge in [0.05, 0.1) is 6.04 Å². The minimum absolute atomic E-state index is 0.0707. The molecule has 0 radical (unpaired) electrons. The molecule has 0 aromatic heterocycles. The predicted molar refractivity (Wildman–Crippen MR) is 47.8 cm³/mol. The van der Waals surface area contributed by atoms with Crippen LogP contribution in [0, 0.1) is 5.92 Å². The molecule has 0 aromatic carbocycles. The summed E-state index contributed by atoms with van der Waals surface area (Å²) in [7, 11) is 0. The van der Waals surface area contributed by atoms with Crippen LogP contribution in [0.25, 0.3) is 0 Å². The summed E-state index contributed by atoms with van der Waals surface area (Å²) in [6, 6.07) is -0.736. The van der Waals surface area contributed by atoms with Crippen LogP contribution in [-0.2, 0) is 4.79 Å². The third-order valence-electron chi connectivity index (χ3n) is 1.80. The van der Waals surface area contributed by atoms with Gasteiger partial charge in [0.1, 0.15) is 6.10 Å². The Labute approximate surface area is 81.5 Å². The van der Waals surface area contributed by atoms with Crippen LogP contribution in [0.15, 0.2) is 0 Å². The van der Waals surface area contributed by atoms with Crippen LogP contribution < -0.4 is 11.1 Å². The van der Waals surface area contributed by atoms with Crippen LogP contribution in [0.5, 0.6) is 0 Å². The zero-order chi connectivity index (χ0) is 11.3. The van der Waals surface area contributed by atoms with E-state index in [0.29, 0.717) is 0 Å². The molecule has 4 N–H and O–H groups in total. The molecule has 0 aromatic rings. The van der Waals surface area contributed by atoms with Gasteiger partial charge in [0, 0.05) is 6.54 Å². The van der Waals surface area contributed by atoms with E-state index in [9.17, 15) is 13.6 Å². The summed E-state index contributed by atoms with van der Waals surface area (Å²) in [4.78, 5) is 11.1. The van der Waals surface area contributed by atoms with Gasteiger partial charge in [0.2, 0.25) is 5.91 Å². The summed E-state index contributed by atoms with van der Waals surface area (Å²) < 4.78 is 23.6. The van der Waals surface area contributed by atoms with Crippen molar-refractivity contribution in [3.8, 4) is 0 Å². The first-order valence-corrected chi connectivity index (χ1v) is 4.35. The Hall–Kier alpha value is -0.750. The number of aliphatic hydroxyl groups excluding tert-OH is 1. The van der Waals surface area contributed by atoms with Gasteiger partial charge in [-0.25, -0.2) is 8.78 Å². The number of rotatable bonds is 5. The van der Waals surface area contributed by atoms with Crippen molar-refractivity contribution < 1.29 is 18.7 Å². The molecule has 0 aliphatic rings. The van der Waals surface area contributed by atoms with Crippen molar-refractivity contribution in [1.82, 2.24) is 5.32 Å². The van der Waals surface area contributed by atoms with Gasteiger partial charge in [-0.15, -0.1) is 0 Å². The van der Waals surface area contributed by atoms with E-state index in [0.717, 1.165) is 0 Å². The van der Waals surface area contributed by atoms with E-state index < -0.39 is 31.0 Å². The first kappa shape index (κ1) is 13.2. The molecule has 6 heteroatoms. The number of halogens is 2. The molecule has 1 amide bonds. The second-order valence-corrected chi connectivity index (χ2v) is 3.42. The molecule has 0 saturated heterocycles. The highest BCUT2D eigenvalue weighted by atomic mass is 19.3. The molecule has 0 rings (SSSR count). The fraction of sp³-hybridized carbons (Fsp3) is 0.875. The number of carbonyl (C=O) groups excluding carboxylic acids is 1. The van der Waals surface area contributed by atoms with Crippen molar-refractivity contribution in [3.63, 3.8) is 0 Å². The first-order chi connectivity index (χ1) is 6.36. The third-order valence-corrected chi connectivity index (χ3v) is 1.80. The van der Waals surface area contributed by atoms with Crippen molar-refractivity contribution in [2.24, 2.45) is 11.7 Å². The number of amides is 1. The zero-order valence-corrected chi connectivity index (χ0v) is 8.21. The SMILES string of the molecule is CC(C)[C@H](N)C(=O)NCC(O)C(F)F. The number of alkyl halides is 2. The summed E-state index contributed by atoms with van der Waals surface area (Å²) in [6.45, 7) is 3.01. The molecule has 0 bridgehead atoms. The van der Waals surface area contributed by atoms with E-state index >= 15 is 0 Å². The second-order valence-electron chi connectivity index (χ2n) is 3.42. The lowest BCUT2D eigenvalue weighted by Gasteiger charge is -2.16. The number of nitrogens with two attached hydrogens (primary N) is 1. The van der Waals surface area contributed by atoms with Gasteiger partial charge in [-0.2, -0.15) is 0 Å². The van der Waals surface area contributed by atoms with E-state index in [4.69, 9.17) is 10.8 Å². The van der Waals surface area contributed by atoms with Crippen molar-refractivity contribution in [2.75, 3.05) is 6.54 Å². The summed E-state index contributed by atoms with van der Waals surface area (Å²) in [5.74, 6) is -0.599. The quantitative estimate of drug-likeness (QED) is 0.583. The van der Waals surface area contributed by atoms with Crippen LogP contribution in [0.3, 0.4) is 0 Å². The van der Waals surface area contributed by atoms with Crippen LogP contribution in [-0.4, -0.2) is 36.1 Å². The van der Waals surface area contributed by atoms with Crippen LogP contribution in [0.1, 0.15) is 13.8 Å². The monoisotopic (exact) mass is 210 g/mol. The molecule has 0 fully saturated rings. The fourth-order valence-corrected chi connectivity index (χ4v) is 0.715. The van der Waals surface area contributed by atoms with E-state index in [2.05, 4.69) is 5.32 Å². The summed E-state index contributed by atoms with van der Waals surface area (Å²) in [6.07, 6.45) is -4.69. The molecule has 0 spiro atoms. The van der Waals surface area contributed by atoms with Crippen LogP contribution in [0.2, 0.25) is 0 Å². The number of carbonyl (C=O) groups is 1. The Morgan fingerprint density at radius 3 is 2.36 bits per heavy atom. The Kier molecular flexibility index (Phi) is 5.56. The Bertz CT molecular complexity index is 188. The van der Waals surface area contributed by atoms with Gasteiger partial charge < -0.3 is 16.2 Å². The molecule has 14 heavy (non-hydrogen) atoms. The van der Waals surface area contributed by atoms with Gasteiger partial charge in [-0.1, -0.05) is 13.8 Å². The van der Waals surface area contributed by atoms with Gasteiger partial charge in [-0.05, 0) is 5.92 Å². The Balaban J connectivity index is 3.85. The molecule has 0 saturated carbocycles. The number of hydrogen-bond acceptors (Lipinski definition) is 3. The average molecular weight is 210 g/mol. The van der Waals surface area contributed by atoms with Gasteiger partial charge in [0.25, 0.3) is 6.43 Å². The third kappa shape index (κ3) is 4.48. The minimum Gasteiger partial charge on any atom is -0.385 e. The highest BCUT2D eigenvalue weighted by molar-refractivity contribution is 5.81. The summed E-state index contributed by atoms with van der Waals surface area (Å²) in [5.41, 5.74) is 5.44. The van der Waals surface area contributed by atoms with Gasteiger partial charge in [-0.3, -0.25) is 4.79 Å². The fourth-order valence-electron chi connectivity index (χ4n) is 0.715. The van der Waals surface area contributed by atoms with E-state index in [1.54, 1.807) is 13.8 Å². The maximum atomic E-state index is 11.8. The Morgan fingerprint density at radius 1 is 1.50 bits per heavy atom. The van der Waals surface area contributed by atoms with Crippen molar-refractivity contribution >= 4 is 5.91 Å². The first-order valence-electron chi connectivity index (χ1n) is 4.35. The molecular formula is C8H16F2N2O2. The number of aliphatic hydroxyl groups is 1. The normalized spacial score (nSPS) is 15.7. The molecule has 1 unspecified atom stereocenters. The van der Waals surface area contributed by atoms with Crippen molar-refractivity contribution in [1.29, 1.82) is 0 Å². The van der Waals surface area contributed by atoms with Crippen molar-refractivity contribution in [2.45, 2.75) is 32.4 Å². The van der Waals surface area contributed by atoms with Crippen molar-refractivity contribution in [3.05, 3.63) is 0 Å². The maximum absolute atomic E-state index is 11.8. The van der Waals surface area contributed by atoms with Gasteiger partial charge >= 0.3 is 0 Å². The number of hydrogen-bond donors (Lipinski definition) is 3. The standard InChI is InChI=1S/C8H16F2N2O2/c1-4(2)6(11)8(14)12-3-5(13)7(9)10/h4-7,13H,3,11H2,1-2H3,(H,12,14)/t5?,6-/m0/s1. The second kappa shape index (κ2) is 5.87. The number of nitrogens with one attached hydrogen (secondary N) is 1. The van der Waals surface area contributed by atoms with E-state index in [1.807, 2.05) is 0 Å². The lowest BCUT2D eigenvalue weighted by Crippen LogP contribution is -2.47. The molecule has 0 aliphatic carbocycles. The maximum Gasteiger partial charge on any atom is 0.265 e. The average Bonchev–Trinajstić information content (AvgIpc) is 2.11. The molecule has 84 valence electrons. The van der Waals surface area contributed by atoms with E-state index in [1.165, 1.54) is 0 Å².